The third-order valence-electron chi connectivity index (χ3n) is 1.99. The molecule has 0 saturated carbocycles. The van der Waals surface area contributed by atoms with Crippen LogP contribution in [0.4, 0.5) is 17.8 Å². The fourth-order valence-electron chi connectivity index (χ4n) is 1.16. The average molecular weight is 387 g/mol. The Morgan fingerprint density at radius 1 is 1.28 bits per heavy atom. The third kappa shape index (κ3) is 5.73. The van der Waals surface area contributed by atoms with Crippen molar-refractivity contribution in [3.05, 3.63) is 0 Å². The number of hydrogen-bond donors (Lipinski definition) is 3. The Morgan fingerprint density at radius 3 is 2.44 bits per heavy atom. The number of rotatable bonds is 7. The minimum atomic E-state index is -1.84. The molecule has 0 saturated heterocycles. The number of nitrogens with zero attached hydrogens (tertiary/aromatic N) is 3. The van der Waals surface area contributed by atoms with Crippen LogP contribution in [0.2, 0.25) is 0 Å². The number of aromatic nitrogens is 3. The molecule has 1 aromatic rings. The number of alkyl halides is 2. The van der Waals surface area contributed by atoms with Crippen molar-refractivity contribution in [3.63, 3.8) is 0 Å². The van der Waals surface area contributed by atoms with Gasteiger partial charge in [-0.25, -0.2) is 0 Å². The minimum absolute atomic E-state index is 0.0775. The molecule has 104 valence electrons. The van der Waals surface area contributed by atoms with Gasteiger partial charge in [-0.3, -0.25) is 0 Å². The van der Waals surface area contributed by atoms with Crippen molar-refractivity contribution in [2.24, 2.45) is 0 Å². The van der Waals surface area contributed by atoms with E-state index in [1.54, 1.807) is 0 Å². The van der Waals surface area contributed by atoms with Crippen LogP contribution < -0.4 is 16.8 Å². The van der Waals surface area contributed by atoms with Crippen LogP contribution in [0.5, 0.6) is 0 Å². The monoisotopic (exact) mass is 387 g/mol. The number of hydrogen-bond acceptors (Lipinski definition) is 8. The standard InChI is InChI=1S/C8H17IN6O2S/c1-9(18(16)17)4-2-3-5-12-8-14-6(10)13-7(11)15-8/h2-5H2,1H3,(H,16,17)(H5,10,11,12,13,14,15)/p-1. The quantitative estimate of drug-likeness (QED) is 0.197. The van der Waals surface area contributed by atoms with Gasteiger partial charge in [-0.1, -0.05) is 0 Å². The van der Waals surface area contributed by atoms with Gasteiger partial charge in [0.25, 0.3) is 0 Å². The van der Waals surface area contributed by atoms with Gasteiger partial charge in [-0.05, 0) is 0 Å². The summed E-state index contributed by atoms with van der Waals surface area (Å²) in [6.07, 6.45) is 1.73. The molecule has 0 aliphatic rings. The Bertz CT molecular complexity index is 400. The van der Waals surface area contributed by atoms with E-state index in [2.05, 4.69) is 20.3 Å². The zero-order valence-corrected chi connectivity index (χ0v) is 12.9. The summed E-state index contributed by atoms with van der Waals surface area (Å²) in [5, 5.41) is 2.97. The topological polar surface area (TPSA) is 143 Å². The van der Waals surface area contributed by atoms with E-state index in [4.69, 9.17) is 11.5 Å². The fourth-order valence-corrected chi connectivity index (χ4v) is 4.71. The molecule has 0 fully saturated rings. The van der Waals surface area contributed by atoms with Gasteiger partial charge in [0.15, 0.2) is 0 Å². The van der Waals surface area contributed by atoms with Crippen LogP contribution in [0, 0.1) is 0 Å². The third-order valence-corrected chi connectivity index (χ3v) is 9.42. The maximum absolute atomic E-state index is 10.7. The van der Waals surface area contributed by atoms with Crippen molar-refractivity contribution in [1.82, 2.24) is 15.0 Å². The molecule has 0 aliphatic carbocycles. The molecule has 1 unspecified atom stereocenters. The molecule has 1 heterocycles. The number of anilines is 3. The van der Waals surface area contributed by atoms with Crippen LogP contribution >= 0.6 is 18.4 Å². The van der Waals surface area contributed by atoms with Crippen LogP contribution in [-0.2, 0) is 8.25 Å². The predicted molar refractivity (Wildman–Crippen MR) is 80.1 cm³/mol. The Hall–Kier alpha value is -0.750. The zero-order chi connectivity index (χ0) is 13.5. The molecule has 0 radical (unpaired) electrons. The summed E-state index contributed by atoms with van der Waals surface area (Å²) < 4.78 is 22.1. The first kappa shape index (κ1) is 15.3. The molecular formula is C8H16IN6O2S-. The summed E-state index contributed by atoms with van der Waals surface area (Å²) in [6, 6.07) is 0. The van der Waals surface area contributed by atoms with Crippen molar-refractivity contribution in [2.75, 3.05) is 32.7 Å². The summed E-state index contributed by atoms with van der Waals surface area (Å²) >= 11 is -1.77. The van der Waals surface area contributed by atoms with E-state index < -0.39 is 26.7 Å². The van der Waals surface area contributed by atoms with E-state index >= 15 is 0 Å². The molecule has 1 rings (SSSR count). The van der Waals surface area contributed by atoms with Gasteiger partial charge >= 0.3 is 114 Å². The number of nitrogens with two attached hydrogens (primary N) is 2. The molecular weight excluding hydrogens is 371 g/mol. The van der Waals surface area contributed by atoms with Gasteiger partial charge in [0.1, 0.15) is 0 Å². The maximum atomic E-state index is 10.7. The summed E-state index contributed by atoms with van der Waals surface area (Å²) in [4.78, 5) is 13.2. The molecule has 1 aromatic heterocycles. The van der Waals surface area contributed by atoms with Crippen LogP contribution in [0.1, 0.15) is 12.8 Å². The first-order chi connectivity index (χ1) is 8.49. The van der Waals surface area contributed by atoms with E-state index in [0.29, 0.717) is 12.5 Å². The van der Waals surface area contributed by atoms with E-state index in [9.17, 15) is 8.76 Å². The van der Waals surface area contributed by atoms with Gasteiger partial charge in [0.2, 0.25) is 0 Å². The molecule has 0 aromatic carbocycles. The molecule has 1 atom stereocenters. The van der Waals surface area contributed by atoms with Gasteiger partial charge in [-0.15, -0.1) is 0 Å². The van der Waals surface area contributed by atoms with E-state index in [1.165, 1.54) is 0 Å². The second-order valence-electron chi connectivity index (χ2n) is 3.42. The summed E-state index contributed by atoms with van der Waals surface area (Å²) in [7, 11) is -1.84. The van der Waals surface area contributed by atoms with Crippen molar-refractivity contribution < 1.29 is 8.76 Å². The number of halogens is 1. The van der Waals surface area contributed by atoms with Crippen LogP contribution in [0.3, 0.4) is 0 Å². The number of unbranched alkanes of at least 4 members (excludes halogenated alkanes) is 1. The van der Waals surface area contributed by atoms with Gasteiger partial charge in [-0.2, -0.15) is 0 Å². The van der Waals surface area contributed by atoms with E-state index in [0.717, 1.165) is 17.3 Å². The van der Waals surface area contributed by atoms with Gasteiger partial charge in [0, 0.05) is 0 Å². The SMILES string of the molecule is CI(CCCCNc1nc(N)nc(N)n1)S(=O)[O-]. The van der Waals surface area contributed by atoms with E-state index in [-0.39, 0.29) is 11.9 Å². The normalized spacial score (nSPS) is 13.1. The molecule has 0 amide bonds. The summed E-state index contributed by atoms with van der Waals surface area (Å²) in [6.45, 7) is 0.651. The van der Waals surface area contributed by atoms with E-state index in [1.807, 2.05) is 4.93 Å². The van der Waals surface area contributed by atoms with Gasteiger partial charge < -0.3 is 0 Å². The van der Waals surface area contributed by atoms with Crippen LogP contribution in [-0.4, -0.2) is 39.6 Å². The Kier molecular flexibility index (Phi) is 6.49. The summed E-state index contributed by atoms with van der Waals surface area (Å²) in [5.74, 6) is 0.502. The molecule has 0 bridgehead atoms. The van der Waals surface area contributed by atoms with Crippen molar-refractivity contribution in [2.45, 2.75) is 12.8 Å². The first-order valence-electron chi connectivity index (χ1n) is 5.16. The molecule has 0 spiro atoms. The zero-order valence-electron chi connectivity index (χ0n) is 9.93. The van der Waals surface area contributed by atoms with Crippen molar-refractivity contribution >= 4 is 44.5 Å². The first-order valence-corrected chi connectivity index (χ1v) is 12.5. The summed E-state index contributed by atoms with van der Waals surface area (Å²) in [5.41, 5.74) is 10.8. The molecule has 0 aliphatic heterocycles. The second-order valence-corrected chi connectivity index (χ2v) is 13.6. The molecule has 5 N–H and O–H groups in total. The number of nitrogen functional groups attached to an aromatic ring is 2. The van der Waals surface area contributed by atoms with Gasteiger partial charge in [0.05, 0.1) is 0 Å². The Balaban J connectivity index is 2.23. The number of nitrogens with one attached hydrogen (secondary N) is 1. The fraction of sp³-hybridized carbons (Fsp3) is 0.625. The molecule has 10 heteroatoms. The Labute approximate surface area is 113 Å². The van der Waals surface area contributed by atoms with Crippen molar-refractivity contribution in [1.29, 1.82) is 0 Å². The van der Waals surface area contributed by atoms with Crippen LogP contribution in [0.25, 0.3) is 0 Å². The molecule has 18 heavy (non-hydrogen) atoms. The molecule has 8 nitrogen and oxygen atoms in total. The predicted octanol–water partition coefficient (Wildman–Crippen LogP) is 0.158. The average Bonchev–Trinajstić information content (AvgIpc) is 2.26. The second kappa shape index (κ2) is 7.63. The van der Waals surface area contributed by atoms with Crippen molar-refractivity contribution in [3.8, 4) is 0 Å². The Morgan fingerprint density at radius 2 is 1.89 bits per heavy atom. The van der Waals surface area contributed by atoms with Crippen LogP contribution in [0.15, 0.2) is 0 Å².